The second kappa shape index (κ2) is 7.17. The van der Waals surface area contributed by atoms with Gasteiger partial charge in [-0.3, -0.25) is 4.79 Å². The lowest BCUT2D eigenvalue weighted by atomic mass is 10.2. The van der Waals surface area contributed by atoms with Crippen LogP contribution in [0.4, 0.5) is 0 Å². The van der Waals surface area contributed by atoms with E-state index in [0.29, 0.717) is 17.3 Å². The van der Waals surface area contributed by atoms with Crippen molar-refractivity contribution in [3.05, 3.63) is 23.2 Å². The van der Waals surface area contributed by atoms with E-state index < -0.39 is 0 Å². The van der Waals surface area contributed by atoms with E-state index in [-0.39, 0.29) is 12.6 Å². The molecular formula is C11H15ClN2O2. The molecule has 0 saturated carbocycles. The molecule has 1 rings (SSSR count). The maximum Gasteiger partial charge on any atom is 0.306 e. The fourth-order valence-electron chi connectivity index (χ4n) is 1.20. The zero-order valence-corrected chi connectivity index (χ0v) is 10.0. The maximum atomic E-state index is 11.3. The van der Waals surface area contributed by atoms with Gasteiger partial charge in [-0.15, -0.1) is 0 Å². The van der Waals surface area contributed by atoms with Crippen LogP contribution < -0.4 is 0 Å². The lowest BCUT2D eigenvalue weighted by molar-refractivity contribution is -0.145. The Morgan fingerprint density at radius 1 is 1.44 bits per heavy atom. The minimum atomic E-state index is -0.191. The summed E-state index contributed by atoms with van der Waals surface area (Å²) in [5.74, 6) is -0.191. The second-order valence-corrected chi connectivity index (χ2v) is 3.84. The lowest BCUT2D eigenvalue weighted by Crippen LogP contribution is -2.05. The summed E-state index contributed by atoms with van der Waals surface area (Å²) in [6, 6.07) is 1.58. The number of halogens is 1. The van der Waals surface area contributed by atoms with Crippen LogP contribution in [0.25, 0.3) is 0 Å². The maximum absolute atomic E-state index is 11.3. The number of rotatable bonds is 6. The Morgan fingerprint density at radius 3 is 2.94 bits per heavy atom. The van der Waals surface area contributed by atoms with Gasteiger partial charge in [-0.05, 0) is 6.42 Å². The zero-order valence-electron chi connectivity index (χ0n) is 9.28. The molecule has 16 heavy (non-hydrogen) atoms. The smallest absolute Gasteiger partial charge is 0.306 e. The van der Waals surface area contributed by atoms with Crippen molar-refractivity contribution in [3.8, 4) is 0 Å². The van der Waals surface area contributed by atoms with Crippen molar-refractivity contribution >= 4 is 17.6 Å². The van der Waals surface area contributed by atoms with Crippen LogP contribution in [0.1, 0.15) is 38.3 Å². The van der Waals surface area contributed by atoms with Gasteiger partial charge in [-0.2, -0.15) is 0 Å². The molecule has 1 heterocycles. The lowest BCUT2D eigenvalue weighted by Gasteiger charge is -2.03. The van der Waals surface area contributed by atoms with Gasteiger partial charge in [0.2, 0.25) is 0 Å². The third kappa shape index (κ3) is 5.07. The molecule has 1 aromatic rings. The van der Waals surface area contributed by atoms with Crippen molar-refractivity contribution in [2.24, 2.45) is 0 Å². The minimum absolute atomic E-state index is 0.160. The standard InChI is InChI=1S/C11H15ClN2O2/c1-2-3-4-5-11(15)16-7-9-6-10(12)14-8-13-9/h6,8H,2-5,7H2,1H3. The summed E-state index contributed by atoms with van der Waals surface area (Å²) < 4.78 is 5.04. The number of carbonyl (C=O) groups is 1. The molecule has 0 aliphatic heterocycles. The number of esters is 1. The van der Waals surface area contributed by atoms with Crippen molar-refractivity contribution in [2.45, 2.75) is 39.2 Å². The first kappa shape index (κ1) is 12.9. The molecule has 0 N–H and O–H groups in total. The van der Waals surface area contributed by atoms with Crippen LogP contribution in [-0.4, -0.2) is 15.9 Å². The summed E-state index contributed by atoms with van der Waals surface area (Å²) in [5.41, 5.74) is 0.615. The van der Waals surface area contributed by atoms with Gasteiger partial charge in [-0.25, -0.2) is 9.97 Å². The van der Waals surface area contributed by atoms with Crippen molar-refractivity contribution in [1.29, 1.82) is 0 Å². The molecule has 4 nitrogen and oxygen atoms in total. The van der Waals surface area contributed by atoms with Gasteiger partial charge in [0.1, 0.15) is 18.1 Å². The van der Waals surface area contributed by atoms with Gasteiger partial charge >= 0.3 is 5.97 Å². The van der Waals surface area contributed by atoms with Gasteiger partial charge in [-0.1, -0.05) is 31.4 Å². The fourth-order valence-corrected chi connectivity index (χ4v) is 1.36. The summed E-state index contributed by atoms with van der Waals surface area (Å²) in [7, 11) is 0. The number of hydrogen-bond donors (Lipinski definition) is 0. The molecule has 0 saturated heterocycles. The number of nitrogens with zero attached hydrogens (tertiary/aromatic N) is 2. The first-order valence-electron chi connectivity index (χ1n) is 5.34. The topological polar surface area (TPSA) is 52.1 Å². The first-order chi connectivity index (χ1) is 7.72. The first-order valence-corrected chi connectivity index (χ1v) is 5.72. The van der Waals surface area contributed by atoms with Crippen molar-refractivity contribution in [2.75, 3.05) is 0 Å². The predicted octanol–water partition coefficient (Wildman–Crippen LogP) is 2.75. The van der Waals surface area contributed by atoms with Crippen molar-refractivity contribution in [3.63, 3.8) is 0 Å². The van der Waals surface area contributed by atoms with E-state index in [2.05, 4.69) is 16.9 Å². The zero-order chi connectivity index (χ0) is 11.8. The van der Waals surface area contributed by atoms with E-state index in [1.54, 1.807) is 6.07 Å². The molecule has 0 spiro atoms. The Bertz CT molecular complexity index is 345. The number of hydrogen-bond acceptors (Lipinski definition) is 4. The molecule has 0 unspecified atom stereocenters. The van der Waals surface area contributed by atoms with Gasteiger partial charge in [0.25, 0.3) is 0 Å². The Hall–Kier alpha value is -1.16. The molecule has 1 aromatic heterocycles. The monoisotopic (exact) mass is 242 g/mol. The molecule has 0 amide bonds. The molecule has 0 aromatic carbocycles. The molecular weight excluding hydrogens is 228 g/mol. The Balaban J connectivity index is 2.26. The third-order valence-electron chi connectivity index (χ3n) is 2.06. The fraction of sp³-hybridized carbons (Fsp3) is 0.545. The quantitative estimate of drug-likeness (QED) is 0.437. The molecule has 88 valence electrons. The predicted molar refractivity (Wildman–Crippen MR) is 61.0 cm³/mol. The summed E-state index contributed by atoms with van der Waals surface area (Å²) in [6.45, 7) is 2.25. The van der Waals surface area contributed by atoms with E-state index in [4.69, 9.17) is 16.3 Å². The van der Waals surface area contributed by atoms with Crippen LogP contribution in [0.2, 0.25) is 5.15 Å². The summed E-state index contributed by atoms with van der Waals surface area (Å²) >= 11 is 5.67. The van der Waals surface area contributed by atoms with Gasteiger partial charge < -0.3 is 4.74 Å². The van der Waals surface area contributed by atoms with Crippen LogP contribution in [0, 0.1) is 0 Å². The average Bonchev–Trinajstić information content (AvgIpc) is 2.27. The highest BCUT2D eigenvalue weighted by Crippen LogP contribution is 2.06. The molecule has 0 aliphatic rings. The van der Waals surface area contributed by atoms with E-state index in [0.717, 1.165) is 19.3 Å². The van der Waals surface area contributed by atoms with Crippen LogP contribution in [0.5, 0.6) is 0 Å². The Kier molecular flexibility index (Phi) is 5.78. The van der Waals surface area contributed by atoms with E-state index in [1.807, 2.05) is 0 Å². The van der Waals surface area contributed by atoms with Crippen molar-refractivity contribution in [1.82, 2.24) is 9.97 Å². The normalized spacial score (nSPS) is 10.1. The highest BCUT2D eigenvalue weighted by molar-refractivity contribution is 6.29. The Labute approximate surface area is 100 Å². The highest BCUT2D eigenvalue weighted by atomic mass is 35.5. The van der Waals surface area contributed by atoms with Crippen molar-refractivity contribution < 1.29 is 9.53 Å². The Morgan fingerprint density at radius 2 is 2.25 bits per heavy atom. The third-order valence-corrected chi connectivity index (χ3v) is 2.26. The number of ether oxygens (including phenoxy) is 1. The molecule has 0 fully saturated rings. The van der Waals surface area contributed by atoms with E-state index in [1.165, 1.54) is 6.33 Å². The largest absolute Gasteiger partial charge is 0.459 e. The van der Waals surface area contributed by atoms with Gasteiger partial charge in [0.15, 0.2) is 0 Å². The summed E-state index contributed by atoms with van der Waals surface area (Å²) in [5, 5.41) is 0.354. The number of carbonyl (C=O) groups excluding carboxylic acids is 1. The molecule has 0 radical (unpaired) electrons. The summed E-state index contributed by atoms with van der Waals surface area (Å²) in [6.07, 6.45) is 4.83. The second-order valence-electron chi connectivity index (χ2n) is 3.45. The van der Waals surface area contributed by atoms with Crippen LogP contribution >= 0.6 is 11.6 Å². The van der Waals surface area contributed by atoms with Gasteiger partial charge in [0.05, 0.1) is 5.69 Å². The minimum Gasteiger partial charge on any atom is -0.459 e. The van der Waals surface area contributed by atoms with Crippen LogP contribution in [0.3, 0.4) is 0 Å². The number of aromatic nitrogens is 2. The van der Waals surface area contributed by atoms with E-state index >= 15 is 0 Å². The number of unbranched alkanes of at least 4 members (excludes halogenated alkanes) is 2. The highest BCUT2D eigenvalue weighted by Gasteiger charge is 2.04. The molecule has 0 aliphatic carbocycles. The van der Waals surface area contributed by atoms with Crippen LogP contribution in [0.15, 0.2) is 12.4 Å². The van der Waals surface area contributed by atoms with Crippen LogP contribution in [-0.2, 0) is 16.1 Å². The average molecular weight is 243 g/mol. The molecule has 0 bridgehead atoms. The van der Waals surface area contributed by atoms with Gasteiger partial charge in [0, 0.05) is 12.5 Å². The summed E-state index contributed by atoms with van der Waals surface area (Å²) in [4.78, 5) is 19.0. The molecule has 5 heteroatoms. The SMILES string of the molecule is CCCCCC(=O)OCc1cc(Cl)ncn1. The van der Waals surface area contributed by atoms with E-state index in [9.17, 15) is 4.79 Å². The molecule has 0 atom stereocenters.